The van der Waals surface area contributed by atoms with Gasteiger partial charge < -0.3 is 25.4 Å². The van der Waals surface area contributed by atoms with Gasteiger partial charge in [-0.25, -0.2) is 9.98 Å². The van der Waals surface area contributed by atoms with Gasteiger partial charge in [-0.3, -0.25) is 0 Å². The molecule has 0 saturated heterocycles. The highest BCUT2D eigenvalue weighted by Gasteiger charge is 2.10. The maximum atomic E-state index is 12.2. The second-order valence-electron chi connectivity index (χ2n) is 6.42. The summed E-state index contributed by atoms with van der Waals surface area (Å²) in [6.45, 7) is 0.311. The Kier molecular flexibility index (Phi) is 11.3. The zero-order valence-corrected chi connectivity index (χ0v) is 19.5. The maximum absolute atomic E-state index is 12.2. The molecule has 0 bridgehead atoms. The topological polar surface area (TPSA) is 82.0 Å². The van der Waals surface area contributed by atoms with E-state index < -0.39 is 12.7 Å². The van der Waals surface area contributed by atoms with E-state index in [0.29, 0.717) is 24.6 Å². The predicted octanol–water partition coefficient (Wildman–Crippen LogP) is 3.16. The number of hydrogen-bond donors (Lipinski definition) is 3. The third-order valence-electron chi connectivity index (χ3n) is 3.95. The van der Waals surface area contributed by atoms with Gasteiger partial charge in [0.05, 0.1) is 18.3 Å². The number of ether oxygens (including phenoxy) is 1. The molecule has 1 heterocycles. The third kappa shape index (κ3) is 8.66. The Hall–Kier alpha value is -2.21. The molecule has 0 aliphatic heterocycles. The number of halogens is 3. The maximum Gasteiger partial charge on any atom is 0.387 e. The predicted molar refractivity (Wildman–Crippen MR) is 125 cm³/mol. The summed E-state index contributed by atoms with van der Waals surface area (Å²) in [6, 6.07) is 11.6. The zero-order chi connectivity index (χ0) is 21.2. The van der Waals surface area contributed by atoms with Crippen molar-refractivity contribution in [1.82, 2.24) is 15.6 Å². The number of aliphatic imine (C=N–C) groups is 1. The van der Waals surface area contributed by atoms with E-state index >= 15 is 0 Å². The average molecular weight is 535 g/mol. The van der Waals surface area contributed by atoms with Crippen LogP contribution in [0.5, 0.6) is 5.75 Å². The minimum atomic E-state index is -2.88. The van der Waals surface area contributed by atoms with Gasteiger partial charge in [-0.2, -0.15) is 8.78 Å². The molecule has 0 fully saturated rings. The van der Waals surface area contributed by atoms with Crippen molar-refractivity contribution in [3.05, 3.63) is 53.7 Å². The van der Waals surface area contributed by atoms with Crippen molar-refractivity contribution < 1.29 is 18.6 Å². The number of alkyl halides is 2. The lowest BCUT2D eigenvalue weighted by atomic mass is 10.1. The number of hydrogen-bond acceptors (Lipinski definition) is 5. The number of nitrogens with one attached hydrogen (secondary N) is 2. The number of nitrogens with zero attached hydrogens (tertiary/aromatic N) is 3. The second-order valence-corrected chi connectivity index (χ2v) is 6.42. The van der Waals surface area contributed by atoms with E-state index in [2.05, 4.69) is 25.3 Å². The highest BCUT2D eigenvalue weighted by Crippen LogP contribution is 2.19. The van der Waals surface area contributed by atoms with Gasteiger partial charge in [0.1, 0.15) is 11.6 Å². The van der Waals surface area contributed by atoms with Gasteiger partial charge in [0.25, 0.3) is 0 Å². The molecule has 166 valence electrons. The van der Waals surface area contributed by atoms with Crippen LogP contribution in [-0.2, 0) is 6.54 Å². The summed E-state index contributed by atoms with van der Waals surface area (Å²) in [6.07, 6.45) is -0.838. The van der Waals surface area contributed by atoms with E-state index in [1.54, 1.807) is 12.1 Å². The lowest BCUT2D eigenvalue weighted by molar-refractivity contribution is -0.0498. The normalized spacial score (nSPS) is 12.2. The van der Waals surface area contributed by atoms with E-state index in [9.17, 15) is 13.9 Å². The fourth-order valence-corrected chi connectivity index (χ4v) is 2.49. The molecule has 7 nitrogen and oxygen atoms in total. The minimum Gasteiger partial charge on any atom is -0.435 e. The fourth-order valence-electron chi connectivity index (χ4n) is 2.49. The number of aliphatic hydroxyl groups excluding tert-OH is 1. The summed E-state index contributed by atoms with van der Waals surface area (Å²) in [5.41, 5.74) is 1.40. The van der Waals surface area contributed by atoms with Gasteiger partial charge in [0, 0.05) is 27.2 Å². The number of aliphatic hydroxyl groups is 1. The fraction of sp³-hybridized carbons (Fsp3) is 0.400. The quantitative estimate of drug-likeness (QED) is 0.260. The molecule has 0 saturated carbocycles. The molecule has 2 rings (SSSR count). The third-order valence-corrected chi connectivity index (χ3v) is 3.95. The first-order valence-corrected chi connectivity index (χ1v) is 9.27. The van der Waals surface area contributed by atoms with Crippen LogP contribution in [0.1, 0.15) is 24.3 Å². The summed E-state index contributed by atoms with van der Waals surface area (Å²) >= 11 is 0. The van der Waals surface area contributed by atoms with Crippen LogP contribution in [-0.4, -0.2) is 49.8 Å². The Morgan fingerprint density at radius 1 is 1.17 bits per heavy atom. The Balaban J connectivity index is 0.00000450. The Labute approximate surface area is 192 Å². The first-order valence-electron chi connectivity index (χ1n) is 9.27. The van der Waals surface area contributed by atoms with Crippen molar-refractivity contribution in [2.45, 2.75) is 26.2 Å². The molecule has 1 aromatic carbocycles. The lowest BCUT2D eigenvalue weighted by Gasteiger charge is -2.16. The highest BCUT2D eigenvalue weighted by molar-refractivity contribution is 14.0. The first kappa shape index (κ1) is 25.8. The van der Waals surface area contributed by atoms with Crippen LogP contribution >= 0.6 is 24.0 Å². The molecular weight excluding hydrogens is 507 g/mol. The van der Waals surface area contributed by atoms with Gasteiger partial charge in [-0.15, -0.1) is 24.0 Å². The molecule has 10 heteroatoms. The van der Waals surface area contributed by atoms with E-state index in [1.807, 2.05) is 44.1 Å². The number of guanidine groups is 1. The number of anilines is 1. The number of rotatable bonds is 9. The van der Waals surface area contributed by atoms with Crippen molar-refractivity contribution in [2.75, 3.05) is 32.1 Å². The molecule has 0 aliphatic carbocycles. The van der Waals surface area contributed by atoms with Gasteiger partial charge >= 0.3 is 6.61 Å². The van der Waals surface area contributed by atoms with Crippen LogP contribution in [0.4, 0.5) is 14.6 Å². The van der Waals surface area contributed by atoms with Crippen LogP contribution in [0, 0.1) is 0 Å². The van der Waals surface area contributed by atoms with Crippen LogP contribution in [0.15, 0.2) is 47.5 Å². The summed E-state index contributed by atoms with van der Waals surface area (Å²) in [5.74, 6) is 1.44. The van der Waals surface area contributed by atoms with Crippen LogP contribution in [0.25, 0.3) is 0 Å². The number of benzene rings is 1. The smallest absolute Gasteiger partial charge is 0.387 e. The SMILES string of the molecule is CCNC(=NCc1cccc(N(C)C)n1)NCC(O)c1ccc(OC(F)F)cc1.I. The number of pyridine rings is 1. The molecular formula is C20H28F2IN5O2. The van der Waals surface area contributed by atoms with E-state index in [1.165, 1.54) is 12.1 Å². The monoisotopic (exact) mass is 535 g/mol. The summed E-state index contributed by atoms with van der Waals surface area (Å²) in [5, 5.41) is 16.5. The summed E-state index contributed by atoms with van der Waals surface area (Å²) in [4.78, 5) is 10.9. The highest BCUT2D eigenvalue weighted by atomic mass is 127. The second kappa shape index (κ2) is 13.2. The zero-order valence-electron chi connectivity index (χ0n) is 17.2. The molecule has 3 N–H and O–H groups in total. The molecule has 1 aromatic heterocycles. The molecule has 2 aromatic rings. The van der Waals surface area contributed by atoms with Crippen molar-refractivity contribution in [3.63, 3.8) is 0 Å². The summed E-state index contributed by atoms with van der Waals surface area (Å²) < 4.78 is 28.7. The molecule has 1 atom stereocenters. The molecule has 0 spiro atoms. The van der Waals surface area contributed by atoms with E-state index in [0.717, 1.165) is 11.5 Å². The molecule has 0 radical (unpaired) electrons. The van der Waals surface area contributed by atoms with E-state index in [-0.39, 0.29) is 36.3 Å². The molecule has 30 heavy (non-hydrogen) atoms. The van der Waals surface area contributed by atoms with Crippen molar-refractivity contribution in [2.24, 2.45) is 4.99 Å². The van der Waals surface area contributed by atoms with Crippen molar-refractivity contribution >= 4 is 35.8 Å². The van der Waals surface area contributed by atoms with E-state index in [4.69, 9.17) is 0 Å². The van der Waals surface area contributed by atoms with Crippen LogP contribution in [0.3, 0.4) is 0 Å². The van der Waals surface area contributed by atoms with Crippen molar-refractivity contribution in [3.8, 4) is 5.75 Å². The molecule has 0 amide bonds. The summed E-state index contributed by atoms with van der Waals surface area (Å²) in [7, 11) is 3.85. The Morgan fingerprint density at radius 3 is 2.47 bits per heavy atom. The number of aromatic nitrogens is 1. The standard InChI is InChI=1S/C20H27F2N5O2.HI/c1-4-23-20(24-12-15-6-5-7-18(26-15)27(2)3)25-13-17(28)14-8-10-16(11-9-14)29-19(21)22;/h5-11,17,19,28H,4,12-13H2,1-3H3,(H2,23,24,25);1H. The molecule has 1 unspecified atom stereocenters. The Morgan fingerprint density at radius 2 is 1.87 bits per heavy atom. The van der Waals surface area contributed by atoms with Crippen LogP contribution in [0.2, 0.25) is 0 Å². The minimum absolute atomic E-state index is 0. The van der Waals surface area contributed by atoms with Gasteiger partial charge in [-0.1, -0.05) is 18.2 Å². The Bertz CT molecular complexity index is 791. The van der Waals surface area contributed by atoms with Gasteiger partial charge in [0.15, 0.2) is 5.96 Å². The molecule has 0 aliphatic rings. The van der Waals surface area contributed by atoms with Crippen LogP contribution < -0.4 is 20.3 Å². The lowest BCUT2D eigenvalue weighted by Crippen LogP contribution is -2.39. The first-order chi connectivity index (χ1) is 13.9. The largest absolute Gasteiger partial charge is 0.435 e. The van der Waals surface area contributed by atoms with Gasteiger partial charge in [0.2, 0.25) is 0 Å². The van der Waals surface area contributed by atoms with Gasteiger partial charge in [-0.05, 0) is 36.8 Å². The van der Waals surface area contributed by atoms with Crippen molar-refractivity contribution in [1.29, 1.82) is 0 Å². The average Bonchev–Trinajstić information content (AvgIpc) is 2.70.